The minimum atomic E-state index is -3.80. The minimum Gasteiger partial charge on any atom is -0.480 e. The predicted molar refractivity (Wildman–Crippen MR) is 80.2 cm³/mol. The van der Waals surface area contributed by atoms with Crippen LogP contribution in [0, 0.1) is 0 Å². The zero-order chi connectivity index (χ0) is 16.8. The van der Waals surface area contributed by atoms with Crippen LogP contribution in [0.15, 0.2) is 21.7 Å². The molecule has 0 radical (unpaired) electrons. The van der Waals surface area contributed by atoms with E-state index in [1.54, 1.807) is 11.4 Å². The molecule has 0 aromatic carbocycles. The first kappa shape index (κ1) is 18.6. The Balaban J connectivity index is 2.78. The Hall–Kier alpha value is -1.49. The summed E-state index contributed by atoms with van der Waals surface area (Å²) >= 11 is 1.03. The lowest BCUT2D eigenvalue weighted by Gasteiger charge is -2.24. The van der Waals surface area contributed by atoms with Gasteiger partial charge in [0.05, 0.1) is 12.6 Å². The topological polar surface area (TPSA) is 113 Å². The van der Waals surface area contributed by atoms with Gasteiger partial charge in [-0.2, -0.15) is 4.72 Å². The fourth-order valence-corrected chi connectivity index (χ4v) is 3.87. The van der Waals surface area contributed by atoms with Gasteiger partial charge in [0.25, 0.3) is 10.0 Å². The highest BCUT2D eigenvalue weighted by Crippen LogP contribution is 2.16. The normalized spacial score (nSPS) is 12.8. The number of nitrogens with zero attached hydrogens (tertiary/aromatic N) is 1. The highest BCUT2D eigenvalue weighted by atomic mass is 32.2. The third-order valence-electron chi connectivity index (χ3n) is 2.67. The lowest BCUT2D eigenvalue weighted by atomic mass is 10.3. The van der Waals surface area contributed by atoms with Gasteiger partial charge in [0, 0.05) is 13.7 Å². The van der Waals surface area contributed by atoms with Crippen molar-refractivity contribution in [3.05, 3.63) is 17.5 Å². The number of carboxylic acids is 1. The first-order valence-electron chi connectivity index (χ1n) is 6.33. The molecule has 124 valence electrons. The van der Waals surface area contributed by atoms with Crippen LogP contribution in [-0.2, 0) is 24.3 Å². The molecule has 0 saturated heterocycles. The van der Waals surface area contributed by atoms with E-state index in [-0.39, 0.29) is 17.4 Å². The molecule has 1 amide bonds. The molecule has 0 fully saturated rings. The van der Waals surface area contributed by atoms with Gasteiger partial charge in [0.15, 0.2) is 0 Å². The molecule has 0 bridgehead atoms. The number of thiophene rings is 1. The van der Waals surface area contributed by atoms with Crippen LogP contribution in [0.3, 0.4) is 0 Å². The minimum absolute atomic E-state index is 0.0622. The lowest BCUT2D eigenvalue weighted by Crippen LogP contribution is -2.49. The van der Waals surface area contributed by atoms with Crippen LogP contribution >= 0.6 is 11.3 Å². The fourth-order valence-electron chi connectivity index (χ4n) is 1.66. The number of carboxylic acid groups (broad SMARTS) is 1. The van der Waals surface area contributed by atoms with Crippen LogP contribution in [0.2, 0.25) is 0 Å². The van der Waals surface area contributed by atoms with Gasteiger partial charge in [-0.05, 0) is 18.4 Å². The Bertz CT molecular complexity index is 599. The van der Waals surface area contributed by atoms with E-state index in [0.29, 0.717) is 0 Å². The zero-order valence-electron chi connectivity index (χ0n) is 12.2. The van der Waals surface area contributed by atoms with Gasteiger partial charge in [0.2, 0.25) is 5.91 Å². The summed E-state index contributed by atoms with van der Waals surface area (Å²) in [5, 5.41) is 10.4. The van der Waals surface area contributed by atoms with Crippen LogP contribution in [-0.4, -0.2) is 63.1 Å². The SMILES string of the molecule is COCCN(CC(=O)O)C(=O)C(C)NS(=O)(=O)c1cccs1. The summed E-state index contributed by atoms with van der Waals surface area (Å²) in [6.07, 6.45) is 0. The van der Waals surface area contributed by atoms with Gasteiger partial charge >= 0.3 is 5.97 Å². The monoisotopic (exact) mass is 350 g/mol. The number of carbonyl (C=O) groups excluding carboxylic acids is 1. The number of hydrogen-bond donors (Lipinski definition) is 2. The molecular weight excluding hydrogens is 332 g/mol. The second-order valence-electron chi connectivity index (χ2n) is 4.42. The van der Waals surface area contributed by atoms with Gasteiger partial charge in [-0.15, -0.1) is 11.3 Å². The number of rotatable bonds is 9. The van der Waals surface area contributed by atoms with E-state index in [1.807, 2.05) is 0 Å². The first-order chi connectivity index (χ1) is 10.3. The zero-order valence-corrected chi connectivity index (χ0v) is 13.8. The standard InChI is InChI=1S/C12H18N2O6S2/c1-9(13-22(18,19)11-4-3-7-21-11)12(17)14(5-6-20-2)8-10(15)16/h3-4,7,9,13H,5-6,8H2,1-2H3,(H,15,16). The number of sulfonamides is 1. The summed E-state index contributed by atoms with van der Waals surface area (Å²) in [4.78, 5) is 24.1. The largest absolute Gasteiger partial charge is 0.480 e. The van der Waals surface area contributed by atoms with E-state index in [0.717, 1.165) is 16.2 Å². The molecule has 1 aromatic heterocycles. The maximum absolute atomic E-state index is 12.2. The second kappa shape index (κ2) is 8.22. The van der Waals surface area contributed by atoms with E-state index in [4.69, 9.17) is 9.84 Å². The van der Waals surface area contributed by atoms with Crippen LogP contribution < -0.4 is 4.72 Å². The lowest BCUT2D eigenvalue weighted by molar-refractivity contribution is -0.145. The summed E-state index contributed by atoms with van der Waals surface area (Å²) < 4.78 is 31.3. The molecule has 0 aliphatic heterocycles. The molecule has 22 heavy (non-hydrogen) atoms. The molecule has 10 heteroatoms. The third kappa shape index (κ3) is 5.37. The third-order valence-corrected chi connectivity index (χ3v) is 5.60. The van der Waals surface area contributed by atoms with Crippen molar-refractivity contribution in [3.8, 4) is 0 Å². The maximum Gasteiger partial charge on any atom is 0.323 e. The number of amides is 1. The molecule has 1 aromatic rings. The first-order valence-corrected chi connectivity index (χ1v) is 8.69. The molecule has 0 aliphatic carbocycles. The Labute approximate surface area is 132 Å². The van der Waals surface area contributed by atoms with Crippen molar-refractivity contribution in [2.45, 2.75) is 17.2 Å². The number of carbonyl (C=O) groups is 2. The van der Waals surface area contributed by atoms with Gasteiger partial charge in [0.1, 0.15) is 10.8 Å². The second-order valence-corrected chi connectivity index (χ2v) is 7.31. The van der Waals surface area contributed by atoms with Gasteiger partial charge in [-0.3, -0.25) is 9.59 Å². The molecule has 1 atom stereocenters. The number of methoxy groups -OCH3 is 1. The molecule has 2 N–H and O–H groups in total. The Kier molecular flexibility index (Phi) is 6.94. The van der Waals surface area contributed by atoms with Crippen molar-refractivity contribution >= 4 is 33.2 Å². The summed E-state index contributed by atoms with van der Waals surface area (Å²) in [6, 6.07) is 1.92. The molecule has 8 nitrogen and oxygen atoms in total. The van der Waals surface area contributed by atoms with Crippen LogP contribution in [0.4, 0.5) is 0 Å². The molecule has 0 aliphatic rings. The maximum atomic E-state index is 12.2. The molecule has 1 heterocycles. The molecule has 0 saturated carbocycles. The van der Waals surface area contributed by atoms with Crippen LogP contribution in [0.25, 0.3) is 0 Å². The fraction of sp³-hybridized carbons (Fsp3) is 0.500. The number of nitrogens with one attached hydrogen (secondary N) is 1. The average Bonchev–Trinajstić information content (AvgIpc) is 2.96. The number of ether oxygens (including phenoxy) is 1. The van der Waals surface area contributed by atoms with E-state index in [2.05, 4.69) is 4.72 Å². The van der Waals surface area contributed by atoms with E-state index in [1.165, 1.54) is 20.1 Å². The van der Waals surface area contributed by atoms with E-state index in [9.17, 15) is 18.0 Å². The summed E-state index contributed by atoms with van der Waals surface area (Å²) in [7, 11) is -2.38. The van der Waals surface area contributed by atoms with Crippen molar-refractivity contribution in [3.63, 3.8) is 0 Å². The van der Waals surface area contributed by atoms with Gasteiger partial charge < -0.3 is 14.7 Å². The Morgan fingerprint density at radius 2 is 2.18 bits per heavy atom. The van der Waals surface area contributed by atoms with Crippen LogP contribution in [0.5, 0.6) is 0 Å². The van der Waals surface area contributed by atoms with Crippen molar-refractivity contribution in [1.82, 2.24) is 9.62 Å². The van der Waals surface area contributed by atoms with Crippen LogP contribution in [0.1, 0.15) is 6.92 Å². The molecular formula is C12H18N2O6S2. The summed E-state index contributed by atoms with van der Waals surface area (Å²) in [5.41, 5.74) is 0. The summed E-state index contributed by atoms with van der Waals surface area (Å²) in [6.45, 7) is 1.07. The van der Waals surface area contributed by atoms with Gasteiger partial charge in [-0.1, -0.05) is 6.07 Å². The van der Waals surface area contributed by atoms with E-state index < -0.39 is 34.5 Å². The molecule has 0 spiro atoms. The van der Waals surface area contributed by atoms with Crippen molar-refractivity contribution < 1.29 is 27.9 Å². The number of hydrogen-bond acceptors (Lipinski definition) is 6. The molecule has 1 unspecified atom stereocenters. The highest BCUT2D eigenvalue weighted by molar-refractivity contribution is 7.91. The van der Waals surface area contributed by atoms with Crippen molar-refractivity contribution in [1.29, 1.82) is 0 Å². The average molecular weight is 350 g/mol. The molecule has 1 rings (SSSR count). The number of aliphatic carboxylic acids is 1. The highest BCUT2D eigenvalue weighted by Gasteiger charge is 2.27. The van der Waals surface area contributed by atoms with Crippen molar-refractivity contribution in [2.24, 2.45) is 0 Å². The quantitative estimate of drug-likeness (QED) is 0.647. The van der Waals surface area contributed by atoms with E-state index >= 15 is 0 Å². The Morgan fingerprint density at radius 3 is 2.68 bits per heavy atom. The van der Waals surface area contributed by atoms with Crippen molar-refractivity contribution in [2.75, 3.05) is 26.8 Å². The van der Waals surface area contributed by atoms with Gasteiger partial charge in [-0.25, -0.2) is 8.42 Å². The predicted octanol–water partition coefficient (Wildman–Crippen LogP) is -0.0255. The Morgan fingerprint density at radius 1 is 1.50 bits per heavy atom. The summed E-state index contributed by atoms with van der Waals surface area (Å²) in [5.74, 6) is -1.81. The smallest absolute Gasteiger partial charge is 0.323 e.